The first-order chi connectivity index (χ1) is 13.4. The van der Waals surface area contributed by atoms with Gasteiger partial charge in [-0.2, -0.15) is 4.31 Å². The van der Waals surface area contributed by atoms with Crippen LogP contribution in [0.1, 0.15) is 39.0 Å². The van der Waals surface area contributed by atoms with Crippen molar-refractivity contribution in [2.75, 3.05) is 26.2 Å². The smallest absolute Gasteiger partial charge is 0.245 e. The van der Waals surface area contributed by atoms with Crippen molar-refractivity contribution in [3.63, 3.8) is 0 Å². The maximum Gasteiger partial charge on any atom is 0.245 e. The van der Waals surface area contributed by atoms with Crippen LogP contribution in [-0.4, -0.2) is 72.7 Å². The summed E-state index contributed by atoms with van der Waals surface area (Å²) in [6.07, 6.45) is 4.13. The lowest BCUT2D eigenvalue weighted by Crippen LogP contribution is -2.54. The second-order valence-electron chi connectivity index (χ2n) is 8.14. The molecule has 0 aromatic heterocycles. The molecule has 0 saturated carbocycles. The van der Waals surface area contributed by atoms with E-state index in [0.717, 1.165) is 32.4 Å². The predicted molar refractivity (Wildman–Crippen MR) is 104 cm³/mol. The zero-order valence-corrected chi connectivity index (χ0v) is 17.1. The van der Waals surface area contributed by atoms with Gasteiger partial charge in [0.15, 0.2) is 0 Å². The highest BCUT2D eigenvalue weighted by Crippen LogP contribution is 2.31. The Morgan fingerprint density at radius 3 is 2.43 bits per heavy atom. The molecule has 3 aliphatic rings. The van der Waals surface area contributed by atoms with Crippen molar-refractivity contribution in [1.82, 2.24) is 14.1 Å². The third kappa shape index (κ3) is 3.46. The van der Waals surface area contributed by atoms with E-state index in [2.05, 4.69) is 11.8 Å². The lowest BCUT2D eigenvalue weighted by molar-refractivity contribution is -0.139. The molecule has 1 aromatic rings. The Kier molecular flexibility index (Phi) is 5.46. The van der Waals surface area contributed by atoms with E-state index >= 15 is 0 Å². The first-order valence-electron chi connectivity index (χ1n) is 10.2. The van der Waals surface area contributed by atoms with E-state index in [1.54, 1.807) is 0 Å². The third-order valence-electron chi connectivity index (χ3n) is 6.48. The van der Waals surface area contributed by atoms with E-state index in [1.165, 1.54) is 28.6 Å². The number of fused-ring (bicyclic) bond motifs is 1. The van der Waals surface area contributed by atoms with E-state index in [0.29, 0.717) is 25.9 Å². The van der Waals surface area contributed by atoms with Crippen molar-refractivity contribution in [1.29, 1.82) is 0 Å². The zero-order valence-electron chi connectivity index (χ0n) is 16.3. The maximum atomic E-state index is 14.0. The highest BCUT2D eigenvalue weighted by molar-refractivity contribution is 7.89. The molecule has 3 aliphatic heterocycles. The maximum absolute atomic E-state index is 14.0. The Labute approximate surface area is 166 Å². The van der Waals surface area contributed by atoms with Crippen LogP contribution in [0.5, 0.6) is 0 Å². The summed E-state index contributed by atoms with van der Waals surface area (Å²) in [5, 5.41) is 0. The number of amides is 1. The SMILES string of the molecule is C[C@@H]1CCN2CCCC2C(=O)N1C1CCN(S(=O)(=O)c2ccccc2F)CC1. The molecule has 4 rings (SSSR count). The van der Waals surface area contributed by atoms with Gasteiger partial charge in [0.2, 0.25) is 15.9 Å². The molecular weight excluding hydrogens is 381 g/mol. The van der Waals surface area contributed by atoms with Gasteiger partial charge >= 0.3 is 0 Å². The minimum absolute atomic E-state index is 0.00914. The van der Waals surface area contributed by atoms with Crippen LogP contribution in [0.2, 0.25) is 0 Å². The fourth-order valence-electron chi connectivity index (χ4n) is 4.95. The van der Waals surface area contributed by atoms with Gasteiger partial charge in [-0.1, -0.05) is 12.1 Å². The summed E-state index contributed by atoms with van der Waals surface area (Å²) in [6.45, 7) is 4.67. The molecule has 0 aliphatic carbocycles. The molecule has 28 heavy (non-hydrogen) atoms. The molecule has 1 amide bonds. The number of benzene rings is 1. The van der Waals surface area contributed by atoms with E-state index in [4.69, 9.17) is 0 Å². The molecule has 0 N–H and O–H groups in total. The highest BCUT2D eigenvalue weighted by Gasteiger charge is 2.42. The van der Waals surface area contributed by atoms with Crippen LogP contribution in [0.25, 0.3) is 0 Å². The fraction of sp³-hybridized carbons (Fsp3) is 0.650. The summed E-state index contributed by atoms with van der Waals surface area (Å²) >= 11 is 0. The van der Waals surface area contributed by atoms with Crippen molar-refractivity contribution in [3.8, 4) is 0 Å². The monoisotopic (exact) mass is 409 g/mol. The van der Waals surface area contributed by atoms with Crippen LogP contribution in [-0.2, 0) is 14.8 Å². The number of carbonyl (C=O) groups is 1. The van der Waals surface area contributed by atoms with E-state index < -0.39 is 15.8 Å². The standard InChI is InChI=1S/C20H28FN3O3S/c1-15-8-12-22-11-4-6-18(22)20(25)24(15)16-9-13-23(14-10-16)28(26,27)19-7-3-2-5-17(19)21/h2-3,5,7,15-16,18H,4,6,8-14H2,1H3/t15-,18?/m1/s1. The Bertz CT molecular complexity index is 839. The van der Waals surface area contributed by atoms with Crippen molar-refractivity contribution in [3.05, 3.63) is 30.1 Å². The van der Waals surface area contributed by atoms with Gasteiger partial charge in [-0.3, -0.25) is 9.69 Å². The summed E-state index contributed by atoms with van der Waals surface area (Å²) < 4.78 is 41.0. The summed E-state index contributed by atoms with van der Waals surface area (Å²) in [6, 6.07) is 5.71. The van der Waals surface area contributed by atoms with Gasteiger partial charge < -0.3 is 4.90 Å². The van der Waals surface area contributed by atoms with Gasteiger partial charge in [-0.25, -0.2) is 12.8 Å². The molecule has 6 nitrogen and oxygen atoms in total. The van der Waals surface area contributed by atoms with Crippen molar-refractivity contribution >= 4 is 15.9 Å². The molecule has 0 radical (unpaired) electrons. The van der Waals surface area contributed by atoms with Crippen molar-refractivity contribution in [2.24, 2.45) is 0 Å². The summed E-state index contributed by atoms with van der Waals surface area (Å²) in [7, 11) is -3.85. The molecule has 2 atom stereocenters. The zero-order chi connectivity index (χ0) is 19.9. The number of sulfonamides is 1. The van der Waals surface area contributed by atoms with Crippen LogP contribution < -0.4 is 0 Å². The Balaban J connectivity index is 1.48. The normalized spacial score (nSPS) is 28.4. The number of hydrogen-bond acceptors (Lipinski definition) is 4. The first kappa shape index (κ1) is 19.8. The van der Waals surface area contributed by atoms with E-state index in [-0.39, 0.29) is 28.9 Å². The predicted octanol–water partition coefficient (Wildman–Crippen LogP) is 2.06. The molecule has 1 aromatic carbocycles. The molecule has 1 unspecified atom stereocenters. The van der Waals surface area contributed by atoms with Gasteiger partial charge in [0.1, 0.15) is 10.7 Å². The second kappa shape index (κ2) is 7.72. The van der Waals surface area contributed by atoms with Gasteiger partial charge in [-0.05, 0) is 57.7 Å². The number of nitrogens with zero attached hydrogens (tertiary/aromatic N) is 3. The Morgan fingerprint density at radius 1 is 1.00 bits per heavy atom. The lowest BCUT2D eigenvalue weighted by Gasteiger charge is -2.41. The van der Waals surface area contributed by atoms with Crippen LogP contribution >= 0.6 is 0 Å². The van der Waals surface area contributed by atoms with Crippen LogP contribution in [0, 0.1) is 5.82 Å². The van der Waals surface area contributed by atoms with E-state index in [1.807, 2.05) is 4.90 Å². The summed E-state index contributed by atoms with van der Waals surface area (Å²) in [5.41, 5.74) is 0. The minimum Gasteiger partial charge on any atom is -0.336 e. The number of carbonyl (C=O) groups excluding carboxylic acids is 1. The lowest BCUT2D eigenvalue weighted by atomic mass is 10.0. The fourth-order valence-corrected chi connectivity index (χ4v) is 6.48. The third-order valence-corrected chi connectivity index (χ3v) is 8.42. The molecule has 0 spiro atoms. The van der Waals surface area contributed by atoms with Gasteiger partial charge in [0.25, 0.3) is 0 Å². The quantitative estimate of drug-likeness (QED) is 0.767. The van der Waals surface area contributed by atoms with Crippen molar-refractivity contribution in [2.45, 2.75) is 62.0 Å². The van der Waals surface area contributed by atoms with Gasteiger partial charge in [0.05, 0.1) is 6.04 Å². The highest BCUT2D eigenvalue weighted by atomic mass is 32.2. The number of piperidine rings is 1. The largest absolute Gasteiger partial charge is 0.336 e. The molecular formula is C20H28FN3O3S. The molecule has 3 saturated heterocycles. The molecule has 154 valence electrons. The summed E-state index contributed by atoms with van der Waals surface area (Å²) in [4.78, 5) is 17.2. The Morgan fingerprint density at radius 2 is 1.71 bits per heavy atom. The first-order valence-corrected chi connectivity index (χ1v) is 11.6. The van der Waals surface area contributed by atoms with Crippen LogP contribution in [0.4, 0.5) is 4.39 Å². The second-order valence-corrected chi connectivity index (χ2v) is 10.0. The average molecular weight is 410 g/mol. The Hall–Kier alpha value is -1.51. The van der Waals surface area contributed by atoms with Crippen molar-refractivity contribution < 1.29 is 17.6 Å². The van der Waals surface area contributed by atoms with Gasteiger partial charge in [-0.15, -0.1) is 0 Å². The molecule has 8 heteroatoms. The molecule has 3 fully saturated rings. The number of rotatable bonds is 3. The topological polar surface area (TPSA) is 60.9 Å². The van der Waals surface area contributed by atoms with Gasteiger partial charge in [0, 0.05) is 31.7 Å². The number of halogens is 1. The minimum atomic E-state index is -3.85. The van der Waals surface area contributed by atoms with E-state index in [9.17, 15) is 17.6 Å². The summed E-state index contributed by atoms with van der Waals surface area (Å²) in [5.74, 6) is -0.514. The average Bonchev–Trinajstić information content (AvgIpc) is 3.11. The van der Waals surface area contributed by atoms with Crippen LogP contribution in [0.3, 0.4) is 0 Å². The molecule has 3 heterocycles. The molecule has 0 bridgehead atoms. The van der Waals surface area contributed by atoms with Crippen LogP contribution in [0.15, 0.2) is 29.2 Å². The number of hydrogen-bond donors (Lipinski definition) is 0.